The number of nitrogens with zero attached hydrogens (tertiary/aromatic N) is 1. The summed E-state index contributed by atoms with van der Waals surface area (Å²) < 4.78 is 0. The van der Waals surface area contributed by atoms with E-state index < -0.39 is 18.1 Å². The number of amides is 2. The number of thioether (sulfide) groups is 1. The predicted molar refractivity (Wildman–Crippen MR) is 60.8 cm³/mol. The van der Waals surface area contributed by atoms with Gasteiger partial charge in [0.15, 0.2) is 0 Å². The fourth-order valence-electron chi connectivity index (χ4n) is 1.91. The zero-order valence-electron chi connectivity index (χ0n) is 9.01. The molecule has 0 saturated carbocycles. The van der Waals surface area contributed by atoms with E-state index in [0.717, 1.165) is 11.8 Å². The highest BCUT2D eigenvalue weighted by Crippen LogP contribution is 2.16. The average Bonchev–Trinajstić information content (AvgIpc) is 2.75. The van der Waals surface area contributed by atoms with E-state index in [-0.39, 0.29) is 17.7 Å². The van der Waals surface area contributed by atoms with Gasteiger partial charge in [0.25, 0.3) is 5.24 Å². The van der Waals surface area contributed by atoms with E-state index in [1.54, 1.807) is 0 Å². The summed E-state index contributed by atoms with van der Waals surface area (Å²) in [6, 6.07) is -1.44. The molecule has 17 heavy (non-hydrogen) atoms. The van der Waals surface area contributed by atoms with Gasteiger partial charge in [-0.1, -0.05) is 11.8 Å². The van der Waals surface area contributed by atoms with Crippen LogP contribution in [0.25, 0.3) is 0 Å². The minimum Gasteiger partial charge on any atom is -0.480 e. The molecule has 0 spiro atoms. The molecule has 2 aliphatic heterocycles. The van der Waals surface area contributed by atoms with Gasteiger partial charge in [-0.3, -0.25) is 9.59 Å². The molecule has 0 bridgehead atoms. The second-order valence-electron chi connectivity index (χ2n) is 3.89. The summed E-state index contributed by atoms with van der Waals surface area (Å²) in [5, 5.41) is 14.3. The summed E-state index contributed by atoms with van der Waals surface area (Å²) in [7, 11) is 0. The maximum absolute atomic E-state index is 12.1. The van der Waals surface area contributed by atoms with Gasteiger partial charge in [-0.05, 0) is 0 Å². The Morgan fingerprint density at radius 2 is 2.24 bits per heavy atom. The average molecular weight is 259 g/mol. The maximum Gasteiger partial charge on any atom is 0.327 e. The molecule has 2 saturated heterocycles. The molecular formula is C9H13N3O4S. The predicted octanol–water partition coefficient (Wildman–Crippen LogP) is -1.30. The van der Waals surface area contributed by atoms with Crippen molar-refractivity contribution in [2.45, 2.75) is 12.1 Å². The molecule has 7 nitrogen and oxygen atoms in total. The molecule has 94 valence electrons. The first kappa shape index (κ1) is 12.2. The van der Waals surface area contributed by atoms with Gasteiger partial charge in [-0.25, -0.2) is 4.79 Å². The molecule has 8 heteroatoms. The number of aliphatic carboxylic acids is 1. The Kier molecular flexibility index (Phi) is 3.53. The Hall–Kier alpha value is -1.28. The van der Waals surface area contributed by atoms with Crippen LogP contribution in [0.4, 0.5) is 4.79 Å². The van der Waals surface area contributed by atoms with Crippen LogP contribution < -0.4 is 10.6 Å². The van der Waals surface area contributed by atoms with Gasteiger partial charge in [-0.15, -0.1) is 0 Å². The second kappa shape index (κ2) is 4.92. The zero-order valence-corrected chi connectivity index (χ0v) is 9.83. The molecule has 0 radical (unpaired) electrons. The number of carbonyl (C=O) groups excluding carboxylic acids is 2. The number of hydrogen-bond donors (Lipinski definition) is 3. The Morgan fingerprint density at radius 3 is 2.82 bits per heavy atom. The van der Waals surface area contributed by atoms with Gasteiger partial charge < -0.3 is 20.6 Å². The van der Waals surface area contributed by atoms with Crippen LogP contribution in [0.15, 0.2) is 0 Å². The molecule has 2 heterocycles. The standard InChI is InChI=1S/C9H13N3O4S/c13-7(5-4-17-9(16)11-5)12-2-1-10-3-6(12)8(14)15/h5-6,10H,1-4H2,(H,11,16)(H,14,15). The Labute approximate surface area is 102 Å². The van der Waals surface area contributed by atoms with Crippen molar-refractivity contribution in [3.05, 3.63) is 0 Å². The number of hydrogen-bond acceptors (Lipinski definition) is 5. The van der Waals surface area contributed by atoms with E-state index in [9.17, 15) is 14.4 Å². The van der Waals surface area contributed by atoms with Crippen molar-refractivity contribution in [2.24, 2.45) is 0 Å². The summed E-state index contributed by atoms with van der Waals surface area (Å²) in [6.45, 7) is 1.17. The van der Waals surface area contributed by atoms with E-state index in [2.05, 4.69) is 10.6 Å². The number of carboxylic acid groups (broad SMARTS) is 1. The summed E-state index contributed by atoms with van der Waals surface area (Å²) >= 11 is 1.05. The largest absolute Gasteiger partial charge is 0.480 e. The van der Waals surface area contributed by atoms with Crippen LogP contribution in [0.3, 0.4) is 0 Å². The lowest BCUT2D eigenvalue weighted by Crippen LogP contribution is -2.60. The molecule has 0 aromatic heterocycles. The molecule has 2 rings (SSSR count). The Bertz CT molecular complexity index is 362. The van der Waals surface area contributed by atoms with Crippen LogP contribution in [0.5, 0.6) is 0 Å². The van der Waals surface area contributed by atoms with Crippen LogP contribution in [0.2, 0.25) is 0 Å². The van der Waals surface area contributed by atoms with Crippen molar-refractivity contribution in [2.75, 3.05) is 25.4 Å². The smallest absolute Gasteiger partial charge is 0.327 e. The second-order valence-corrected chi connectivity index (χ2v) is 4.88. The molecule has 0 aromatic rings. The number of piperazine rings is 1. The van der Waals surface area contributed by atoms with Gasteiger partial charge >= 0.3 is 5.97 Å². The first-order valence-corrected chi connectivity index (χ1v) is 6.25. The monoisotopic (exact) mass is 259 g/mol. The van der Waals surface area contributed by atoms with Crippen LogP contribution in [-0.4, -0.2) is 64.6 Å². The van der Waals surface area contributed by atoms with Gasteiger partial charge in [0.05, 0.1) is 0 Å². The third-order valence-corrected chi connectivity index (χ3v) is 3.66. The van der Waals surface area contributed by atoms with Gasteiger partial charge in [0, 0.05) is 25.4 Å². The third kappa shape index (κ3) is 2.52. The molecule has 2 atom stereocenters. The highest BCUT2D eigenvalue weighted by molar-refractivity contribution is 8.14. The highest BCUT2D eigenvalue weighted by atomic mass is 32.2. The SMILES string of the molecule is O=C1NC(C(=O)N2CCNCC2C(=O)O)CS1. The zero-order chi connectivity index (χ0) is 12.4. The quantitative estimate of drug-likeness (QED) is 0.570. The lowest BCUT2D eigenvalue weighted by atomic mass is 10.1. The minimum atomic E-state index is -1.03. The lowest BCUT2D eigenvalue weighted by Gasteiger charge is -2.34. The summed E-state index contributed by atoms with van der Waals surface area (Å²) in [6.07, 6.45) is 0. The molecule has 0 aliphatic carbocycles. The molecule has 3 N–H and O–H groups in total. The van der Waals surface area contributed by atoms with Crippen LogP contribution in [0.1, 0.15) is 0 Å². The van der Waals surface area contributed by atoms with E-state index in [1.807, 2.05) is 0 Å². The molecule has 0 aromatic carbocycles. The minimum absolute atomic E-state index is 0.231. The number of carbonyl (C=O) groups is 3. The number of nitrogens with one attached hydrogen (secondary N) is 2. The Balaban J connectivity index is 2.06. The van der Waals surface area contributed by atoms with Crippen LogP contribution in [0, 0.1) is 0 Å². The lowest BCUT2D eigenvalue weighted by molar-refractivity contribution is -0.151. The van der Waals surface area contributed by atoms with Crippen molar-refractivity contribution >= 4 is 28.9 Å². The number of rotatable bonds is 2. The number of carboxylic acids is 1. The van der Waals surface area contributed by atoms with E-state index >= 15 is 0 Å². The fraction of sp³-hybridized carbons (Fsp3) is 0.667. The van der Waals surface area contributed by atoms with Crippen molar-refractivity contribution in [1.29, 1.82) is 0 Å². The van der Waals surface area contributed by atoms with E-state index in [4.69, 9.17) is 5.11 Å². The van der Waals surface area contributed by atoms with Gasteiger partial charge in [-0.2, -0.15) is 0 Å². The first-order valence-electron chi connectivity index (χ1n) is 5.27. The van der Waals surface area contributed by atoms with Crippen LogP contribution in [-0.2, 0) is 9.59 Å². The molecule has 2 fully saturated rings. The van der Waals surface area contributed by atoms with Crippen molar-refractivity contribution in [3.63, 3.8) is 0 Å². The maximum atomic E-state index is 12.1. The fourth-order valence-corrected chi connectivity index (χ4v) is 2.68. The third-order valence-electron chi connectivity index (χ3n) is 2.78. The normalized spacial score (nSPS) is 28.9. The molecule has 2 unspecified atom stereocenters. The topological polar surface area (TPSA) is 98.7 Å². The van der Waals surface area contributed by atoms with Gasteiger partial charge in [0.1, 0.15) is 12.1 Å². The van der Waals surface area contributed by atoms with Crippen molar-refractivity contribution < 1.29 is 19.5 Å². The summed E-state index contributed by atoms with van der Waals surface area (Å²) in [5.74, 6) is -0.965. The van der Waals surface area contributed by atoms with Crippen LogP contribution >= 0.6 is 11.8 Å². The van der Waals surface area contributed by atoms with Gasteiger partial charge in [0.2, 0.25) is 5.91 Å². The summed E-state index contributed by atoms with van der Waals surface area (Å²) in [5.41, 5.74) is 0. The molecule has 2 aliphatic rings. The van der Waals surface area contributed by atoms with E-state index in [0.29, 0.717) is 18.8 Å². The summed E-state index contributed by atoms with van der Waals surface area (Å²) in [4.78, 5) is 35.4. The van der Waals surface area contributed by atoms with Crippen molar-refractivity contribution in [1.82, 2.24) is 15.5 Å². The van der Waals surface area contributed by atoms with Crippen molar-refractivity contribution in [3.8, 4) is 0 Å². The molecule has 2 amide bonds. The van der Waals surface area contributed by atoms with E-state index in [1.165, 1.54) is 4.90 Å². The Morgan fingerprint density at radius 1 is 1.47 bits per heavy atom. The molecular weight excluding hydrogens is 246 g/mol. The first-order chi connectivity index (χ1) is 8.09. The highest BCUT2D eigenvalue weighted by Gasteiger charge is 2.38.